The first-order valence-corrected chi connectivity index (χ1v) is 7.05. The molecule has 0 aliphatic carbocycles. The molecule has 1 aromatic carbocycles. The molecule has 2 aromatic rings. The van der Waals surface area contributed by atoms with Crippen LogP contribution in [-0.2, 0) is 6.42 Å². The second kappa shape index (κ2) is 7.13. The third-order valence-corrected chi connectivity index (χ3v) is 3.12. The molecule has 21 heavy (non-hydrogen) atoms. The van der Waals surface area contributed by atoms with Crippen LogP contribution < -0.4 is 14.8 Å². The Morgan fingerprint density at radius 2 is 1.86 bits per heavy atom. The van der Waals surface area contributed by atoms with Crippen LogP contribution in [0.3, 0.4) is 0 Å². The van der Waals surface area contributed by atoms with Crippen molar-refractivity contribution in [3.63, 3.8) is 0 Å². The minimum absolute atomic E-state index is 0.453. The summed E-state index contributed by atoms with van der Waals surface area (Å²) in [6, 6.07) is 6.08. The van der Waals surface area contributed by atoms with Gasteiger partial charge in [0.15, 0.2) is 11.7 Å². The SMILES string of the molecule is COc1cccc(OC)c1-c1cnc(CCNC(C)C)o1. The Bertz CT molecular complexity index is 556. The first-order valence-electron chi connectivity index (χ1n) is 7.05. The fourth-order valence-electron chi connectivity index (χ4n) is 2.10. The van der Waals surface area contributed by atoms with Crippen LogP contribution in [0, 0.1) is 0 Å². The lowest BCUT2D eigenvalue weighted by Crippen LogP contribution is -2.24. The van der Waals surface area contributed by atoms with Crippen molar-refractivity contribution < 1.29 is 13.9 Å². The van der Waals surface area contributed by atoms with Gasteiger partial charge < -0.3 is 19.2 Å². The number of hydrogen-bond acceptors (Lipinski definition) is 5. The summed E-state index contributed by atoms with van der Waals surface area (Å²) in [6.07, 6.45) is 2.46. The molecule has 0 atom stereocenters. The molecule has 1 N–H and O–H groups in total. The average Bonchev–Trinajstić information content (AvgIpc) is 2.94. The highest BCUT2D eigenvalue weighted by molar-refractivity contribution is 5.72. The van der Waals surface area contributed by atoms with Gasteiger partial charge in [-0.25, -0.2) is 4.98 Å². The maximum atomic E-state index is 5.83. The lowest BCUT2D eigenvalue weighted by Gasteiger charge is -2.10. The Balaban J connectivity index is 2.21. The Hall–Kier alpha value is -2.01. The number of ether oxygens (including phenoxy) is 2. The average molecular weight is 290 g/mol. The molecule has 0 aliphatic rings. The van der Waals surface area contributed by atoms with Crippen LogP contribution in [0.1, 0.15) is 19.7 Å². The molecule has 0 saturated heterocycles. The van der Waals surface area contributed by atoms with Crippen LogP contribution in [0.4, 0.5) is 0 Å². The van der Waals surface area contributed by atoms with E-state index in [2.05, 4.69) is 24.1 Å². The quantitative estimate of drug-likeness (QED) is 0.849. The van der Waals surface area contributed by atoms with Gasteiger partial charge in [0.25, 0.3) is 0 Å². The summed E-state index contributed by atoms with van der Waals surface area (Å²) in [4.78, 5) is 4.32. The van der Waals surface area contributed by atoms with Gasteiger partial charge in [-0.05, 0) is 12.1 Å². The van der Waals surface area contributed by atoms with E-state index in [4.69, 9.17) is 13.9 Å². The standard InChI is InChI=1S/C16H22N2O3/c1-11(2)17-9-8-15-18-10-14(21-15)16-12(19-3)6-5-7-13(16)20-4/h5-7,10-11,17H,8-9H2,1-4H3. The number of methoxy groups -OCH3 is 2. The van der Waals surface area contributed by atoms with Gasteiger partial charge in [0.1, 0.15) is 17.1 Å². The third kappa shape index (κ3) is 3.76. The highest BCUT2D eigenvalue weighted by atomic mass is 16.5. The van der Waals surface area contributed by atoms with Crippen LogP contribution >= 0.6 is 0 Å². The van der Waals surface area contributed by atoms with Crippen molar-refractivity contribution in [2.24, 2.45) is 0 Å². The summed E-state index contributed by atoms with van der Waals surface area (Å²) in [5.74, 6) is 2.77. The normalized spacial score (nSPS) is 10.9. The molecule has 0 aliphatic heterocycles. The number of benzene rings is 1. The fraction of sp³-hybridized carbons (Fsp3) is 0.438. The van der Waals surface area contributed by atoms with Crippen LogP contribution in [0.5, 0.6) is 11.5 Å². The van der Waals surface area contributed by atoms with Gasteiger partial charge in [0.2, 0.25) is 0 Å². The van der Waals surface area contributed by atoms with E-state index >= 15 is 0 Å². The number of aromatic nitrogens is 1. The van der Waals surface area contributed by atoms with Crippen LogP contribution in [0.2, 0.25) is 0 Å². The lowest BCUT2D eigenvalue weighted by molar-refractivity contribution is 0.393. The highest BCUT2D eigenvalue weighted by Crippen LogP contribution is 2.38. The second-order valence-corrected chi connectivity index (χ2v) is 5.01. The Labute approximate surface area is 125 Å². The van der Waals surface area contributed by atoms with Gasteiger partial charge in [0, 0.05) is 19.0 Å². The third-order valence-electron chi connectivity index (χ3n) is 3.12. The number of nitrogens with zero attached hydrogens (tertiary/aromatic N) is 1. The Kier molecular flexibility index (Phi) is 5.22. The number of hydrogen-bond donors (Lipinski definition) is 1. The topological polar surface area (TPSA) is 56.5 Å². The molecular formula is C16H22N2O3. The fourth-order valence-corrected chi connectivity index (χ4v) is 2.10. The van der Waals surface area contributed by atoms with Gasteiger partial charge in [-0.2, -0.15) is 0 Å². The number of oxazole rings is 1. The summed E-state index contributed by atoms with van der Waals surface area (Å²) in [5.41, 5.74) is 0.790. The number of rotatable bonds is 7. The van der Waals surface area contributed by atoms with Crippen LogP contribution in [0.15, 0.2) is 28.8 Å². The van der Waals surface area contributed by atoms with Crippen molar-refractivity contribution in [2.75, 3.05) is 20.8 Å². The molecule has 5 nitrogen and oxygen atoms in total. The van der Waals surface area contributed by atoms with Gasteiger partial charge >= 0.3 is 0 Å². The van der Waals surface area contributed by atoms with Crippen molar-refractivity contribution in [1.82, 2.24) is 10.3 Å². The first-order chi connectivity index (χ1) is 10.2. The van der Waals surface area contributed by atoms with E-state index in [0.29, 0.717) is 29.2 Å². The zero-order valence-electron chi connectivity index (χ0n) is 13.0. The predicted octanol–water partition coefficient (Wildman–Crippen LogP) is 2.90. The molecule has 0 amide bonds. The molecular weight excluding hydrogens is 268 g/mol. The first kappa shape index (κ1) is 15.4. The molecule has 5 heteroatoms. The summed E-state index contributed by atoms with van der Waals surface area (Å²) >= 11 is 0. The predicted molar refractivity (Wildman–Crippen MR) is 81.9 cm³/mol. The molecule has 1 aromatic heterocycles. The van der Waals surface area contributed by atoms with Gasteiger partial charge in [-0.1, -0.05) is 19.9 Å². The van der Waals surface area contributed by atoms with Crippen molar-refractivity contribution in [1.29, 1.82) is 0 Å². The van der Waals surface area contributed by atoms with E-state index < -0.39 is 0 Å². The largest absolute Gasteiger partial charge is 0.496 e. The maximum Gasteiger partial charge on any atom is 0.196 e. The zero-order chi connectivity index (χ0) is 15.2. The van der Waals surface area contributed by atoms with Gasteiger partial charge in [-0.3, -0.25) is 0 Å². The molecule has 1 heterocycles. The van der Waals surface area contributed by atoms with Crippen molar-refractivity contribution in [3.8, 4) is 22.8 Å². The molecule has 0 radical (unpaired) electrons. The maximum absolute atomic E-state index is 5.83. The van der Waals surface area contributed by atoms with Crippen LogP contribution in [0.25, 0.3) is 11.3 Å². The van der Waals surface area contributed by atoms with Crippen molar-refractivity contribution in [3.05, 3.63) is 30.3 Å². The van der Waals surface area contributed by atoms with E-state index in [1.807, 2.05) is 18.2 Å². The smallest absolute Gasteiger partial charge is 0.196 e. The van der Waals surface area contributed by atoms with Crippen LogP contribution in [-0.4, -0.2) is 31.8 Å². The second-order valence-electron chi connectivity index (χ2n) is 5.01. The summed E-state index contributed by atoms with van der Waals surface area (Å²) in [6.45, 7) is 5.06. The van der Waals surface area contributed by atoms with E-state index in [1.54, 1.807) is 20.4 Å². The zero-order valence-corrected chi connectivity index (χ0v) is 13.0. The van der Waals surface area contributed by atoms with E-state index in [9.17, 15) is 0 Å². The van der Waals surface area contributed by atoms with Crippen molar-refractivity contribution in [2.45, 2.75) is 26.3 Å². The minimum atomic E-state index is 0.453. The molecule has 114 valence electrons. The van der Waals surface area contributed by atoms with E-state index in [1.165, 1.54) is 0 Å². The lowest BCUT2D eigenvalue weighted by atomic mass is 10.1. The Morgan fingerprint density at radius 1 is 1.19 bits per heavy atom. The minimum Gasteiger partial charge on any atom is -0.496 e. The van der Waals surface area contributed by atoms with E-state index in [0.717, 1.165) is 18.5 Å². The molecule has 0 saturated carbocycles. The molecule has 0 spiro atoms. The molecule has 0 fully saturated rings. The Morgan fingerprint density at radius 3 is 2.43 bits per heavy atom. The summed E-state index contributed by atoms with van der Waals surface area (Å²) in [5, 5.41) is 3.34. The van der Waals surface area contributed by atoms with E-state index in [-0.39, 0.29) is 0 Å². The monoisotopic (exact) mass is 290 g/mol. The van der Waals surface area contributed by atoms with Gasteiger partial charge in [0.05, 0.1) is 20.4 Å². The molecule has 0 bridgehead atoms. The van der Waals surface area contributed by atoms with Gasteiger partial charge in [-0.15, -0.1) is 0 Å². The molecule has 2 rings (SSSR count). The molecule has 0 unspecified atom stereocenters. The summed E-state index contributed by atoms with van der Waals surface area (Å²) in [7, 11) is 3.25. The highest BCUT2D eigenvalue weighted by Gasteiger charge is 2.16. The van der Waals surface area contributed by atoms with Crippen molar-refractivity contribution >= 4 is 0 Å². The summed E-state index contributed by atoms with van der Waals surface area (Å²) < 4.78 is 16.6. The number of nitrogens with one attached hydrogen (secondary N) is 1.